The summed E-state index contributed by atoms with van der Waals surface area (Å²) in [5.74, 6) is 1.46. The molecule has 0 fully saturated rings. The first-order valence-electron chi connectivity index (χ1n) is 14.0. The zero-order valence-electron chi connectivity index (χ0n) is 23.5. The number of aromatic amines is 1. The molecular formula is C35H30N4O2. The number of nitrogens with zero attached hydrogens (tertiary/aromatic N) is 3. The number of fused-ring (bicyclic) bond motifs is 4. The number of benzene rings is 3. The summed E-state index contributed by atoms with van der Waals surface area (Å²) in [4.78, 5) is 26.1. The molecule has 41 heavy (non-hydrogen) atoms. The molecule has 0 aliphatic carbocycles. The predicted octanol–water partition coefficient (Wildman–Crippen LogP) is 8.59. The maximum absolute atomic E-state index is 12.8. The number of imidazole rings is 1. The van der Waals surface area contributed by atoms with Gasteiger partial charge in [0.25, 0.3) is 0 Å². The Morgan fingerprint density at radius 3 is 2.34 bits per heavy atom. The Hall–Kier alpha value is -4.97. The Morgan fingerprint density at radius 1 is 0.805 bits per heavy atom. The normalized spacial score (nSPS) is 12.0. The van der Waals surface area contributed by atoms with Crippen LogP contribution in [-0.4, -0.2) is 19.5 Å². The van der Waals surface area contributed by atoms with Crippen LogP contribution in [0.15, 0.2) is 100 Å². The molecule has 0 radical (unpaired) electrons. The Labute approximate surface area is 237 Å². The van der Waals surface area contributed by atoms with Crippen LogP contribution in [0.5, 0.6) is 0 Å². The van der Waals surface area contributed by atoms with Gasteiger partial charge in [0.1, 0.15) is 17.1 Å². The van der Waals surface area contributed by atoms with E-state index in [1.807, 2.05) is 48.7 Å². The van der Waals surface area contributed by atoms with Gasteiger partial charge in [0.2, 0.25) is 0 Å². The number of furan rings is 1. The first kappa shape index (κ1) is 25.0. The third kappa shape index (κ3) is 4.06. The summed E-state index contributed by atoms with van der Waals surface area (Å²) in [5.41, 5.74) is 8.99. The Balaban J connectivity index is 1.55. The van der Waals surface area contributed by atoms with Crippen molar-refractivity contribution in [3.8, 4) is 28.5 Å². The summed E-state index contributed by atoms with van der Waals surface area (Å²) in [6.07, 6.45) is 3.95. The average molecular weight is 539 g/mol. The predicted molar refractivity (Wildman–Crippen MR) is 166 cm³/mol. The highest BCUT2D eigenvalue weighted by atomic mass is 16.3. The van der Waals surface area contributed by atoms with E-state index in [0.29, 0.717) is 33.9 Å². The molecule has 0 saturated heterocycles. The van der Waals surface area contributed by atoms with E-state index < -0.39 is 0 Å². The maximum Gasteiger partial charge on any atom is 0.191 e. The SMILES string of the molecule is CC(C)c1cccc(C(C)C)c1-n1cc(-c2ccc3oc4cccc(=O)c4c3[nH]2)nc1-c1ccnc2ccccc12. The number of H-pyrrole nitrogens is 1. The number of rotatable bonds is 5. The van der Waals surface area contributed by atoms with E-state index in [0.717, 1.165) is 39.4 Å². The molecular weight excluding hydrogens is 508 g/mol. The minimum absolute atomic E-state index is 0.0726. The van der Waals surface area contributed by atoms with Crippen LogP contribution < -0.4 is 5.43 Å². The molecule has 0 amide bonds. The molecule has 4 aromatic heterocycles. The van der Waals surface area contributed by atoms with Crippen molar-refractivity contribution in [1.29, 1.82) is 0 Å². The van der Waals surface area contributed by atoms with Crippen molar-refractivity contribution in [1.82, 2.24) is 19.5 Å². The molecule has 3 aromatic carbocycles. The molecule has 0 spiro atoms. The Bertz CT molecular complexity index is 2110. The number of hydrogen-bond acceptors (Lipinski definition) is 4. The second-order valence-corrected chi connectivity index (χ2v) is 11.1. The molecule has 6 heteroatoms. The minimum atomic E-state index is -0.0726. The first-order valence-corrected chi connectivity index (χ1v) is 14.0. The molecule has 0 unspecified atom stereocenters. The van der Waals surface area contributed by atoms with E-state index in [1.54, 1.807) is 12.1 Å². The van der Waals surface area contributed by atoms with Gasteiger partial charge >= 0.3 is 0 Å². The quantitative estimate of drug-likeness (QED) is 0.238. The molecule has 0 saturated carbocycles. The second-order valence-electron chi connectivity index (χ2n) is 11.1. The number of nitrogens with one attached hydrogen (secondary N) is 1. The van der Waals surface area contributed by atoms with E-state index in [4.69, 9.17) is 9.40 Å². The molecule has 7 rings (SSSR count). The van der Waals surface area contributed by atoms with Gasteiger partial charge in [-0.25, -0.2) is 4.98 Å². The van der Waals surface area contributed by atoms with E-state index in [1.165, 1.54) is 11.1 Å². The number of pyridine rings is 2. The third-order valence-corrected chi connectivity index (χ3v) is 7.82. The number of aromatic nitrogens is 4. The van der Waals surface area contributed by atoms with Gasteiger partial charge in [-0.2, -0.15) is 0 Å². The smallest absolute Gasteiger partial charge is 0.191 e. The summed E-state index contributed by atoms with van der Waals surface area (Å²) < 4.78 is 8.20. The van der Waals surface area contributed by atoms with Crippen LogP contribution in [-0.2, 0) is 0 Å². The Morgan fingerprint density at radius 2 is 1.56 bits per heavy atom. The van der Waals surface area contributed by atoms with Crippen LogP contribution in [0.4, 0.5) is 0 Å². The summed E-state index contributed by atoms with van der Waals surface area (Å²) in [6.45, 7) is 8.92. The van der Waals surface area contributed by atoms with E-state index in [2.05, 4.69) is 72.7 Å². The zero-order valence-corrected chi connectivity index (χ0v) is 23.5. The average Bonchev–Trinajstić information content (AvgIpc) is 3.58. The van der Waals surface area contributed by atoms with Gasteiger partial charge in [0, 0.05) is 23.3 Å². The molecule has 4 heterocycles. The monoisotopic (exact) mass is 538 g/mol. The fraction of sp³-hybridized carbons (Fsp3) is 0.171. The van der Waals surface area contributed by atoms with Crippen LogP contribution in [0.1, 0.15) is 50.7 Å². The molecule has 0 aliphatic heterocycles. The molecule has 6 nitrogen and oxygen atoms in total. The first-order chi connectivity index (χ1) is 19.9. The molecule has 202 valence electrons. The van der Waals surface area contributed by atoms with Crippen LogP contribution in [0.25, 0.3) is 61.4 Å². The van der Waals surface area contributed by atoms with Crippen molar-refractivity contribution in [2.45, 2.75) is 39.5 Å². The lowest BCUT2D eigenvalue weighted by Crippen LogP contribution is -2.08. The third-order valence-electron chi connectivity index (χ3n) is 7.82. The van der Waals surface area contributed by atoms with Gasteiger partial charge in [-0.05, 0) is 59.4 Å². The van der Waals surface area contributed by atoms with Crippen molar-refractivity contribution >= 4 is 33.0 Å². The van der Waals surface area contributed by atoms with E-state index in [9.17, 15) is 4.79 Å². The second kappa shape index (κ2) is 9.59. The molecule has 0 aliphatic rings. The van der Waals surface area contributed by atoms with Gasteiger partial charge in [-0.15, -0.1) is 0 Å². The van der Waals surface area contributed by atoms with Crippen molar-refractivity contribution < 1.29 is 4.42 Å². The molecule has 0 atom stereocenters. The van der Waals surface area contributed by atoms with Gasteiger partial charge in [-0.1, -0.05) is 70.2 Å². The van der Waals surface area contributed by atoms with Crippen LogP contribution in [0, 0.1) is 0 Å². The van der Waals surface area contributed by atoms with Crippen molar-refractivity contribution in [2.24, 2.45) is 0 Å². The van der Waals surface area contributed by atoms with E-state index in [-0.39, 0.29) is 5.43 Å². The van der Waals surface area contributed by atoms with Crippen molar-refractivity contribution in [3.05, 3.63) is 113 Å². The highest BCUT2D eigenvalue weighted by Crippen LogP contribution is 2.38. The van der Waals surface area contributed by atoms with Crippen LogP contribution in [0.3, 0.4) is 0 Å². The summed E-state index contributed by atoms with van der Waals surface area (Å²) in [7, 11) is 0. The fourth-order valence-corrected chi connectivity index (χ4v) is 5.81. The Kier molecular flexibility index (Phi) is 5.86. The van der Waals surface area contributed by atoms with Gasteiger partial charge < -0.3 is 9.40 Å². The highest BCUT2D eigenvalue weighted by Gasteiger charge is 2.22. The number of para-hydroxylation sites is 2. The largest absolute Gasteiger partial charge is 0.454 e. The van der Waals surface area contributed by atoms with Crippen molar-refractivity contribution in [2.75, 3.05) is 0 Å². The van der Waals surface area contributed by atoms with Crippen LogP contribution in [0.2, 0.25) is 0 Å². The van der Waals surface area contributed by atoms with Gasteiger partial charge in [0.05, 0.1) is 27.8 Å². The molecule has 0 bridgehead atoms. The lowest BCUT2D eigenvalue weighted by molar-refractivity contribution is 0.668. The summed E-state index contributed by atoms with van der Waals surface area (Å²) in [6, 6.07) is 25.8. The zero-order chi connectivity index (χ0) is 28.2. The van der Waals surface area contributed by atoms with E-state index >= 15 is 0 Å². The standard InChI is InChI=1S/C35H30N4O2/c1-20(2)22-10-7-11-23(21(3)4)34(22)39-19-28(38-35(39)25-17-18-36-26-12-6-5-9-24(25)26)27-15-16-31-33(37-27)32-29(40)13-8-14-30(32)41-31/h5-21,37H,1-4H3. The van der Waals surface area contributed by atoms with Crippen LogP contribution >= 0.6 is 0 Å². The molecule has 1 N–H and O–H groups in total. The fourth-order valence-electron chi connectivity index (χ4n) is 5.81. The number of hydrogen-bond donors (Lipinski definition) is 1. The lowest BCUT2D eigenvalue weighted by Gasteiger charge is -2.22. The molecule has 7 aromatic rings. The maximum atomic E-state index is 12.8. The highest BCUT2D eigenvalue weighted by molar-refractivity contribution is 6.02. The lowest BCUT2D eigenvalue weighted by atomic mass is 9.92. The van der Waals surface area contributed by atoms with Crippen molar-refractivity contribution in [3.63, 3.8) is 0 Å². The van der Waals surface area contributed by atoms with Gasteiger partial charge in [-0.3, -0.25) is 14.3 Å². The minimum Gasteiger partial charge on any atom is -0.454 e. The topological polar surface area (TPSA) is 76.7 Å². The summed E-state index contributed by atoms with van der Waals surface area (Å²) >= 11 is 0. The summed E-state index contributed by atoms with van der Waals surface area (Å²) in [5, 5.41) is 1.59. The van der Waals surface area contributed by atoms with Gasteiger partial charge in [0.15, 0.2) is 11.0 Å².